The number of amides is 1. The third kappa shape index (κ3) is 4.28. The summed E-state index contributed by atoms with van der Waals surface area (Å²) in [5.74, 6) is -0.245. The van der Waals surface area contributed by atoms with Gasteiger partial charge in [0, 0.05) is 19.3 Å². The smallest absolute Gasteiger partial charge is 0.254 e. The predicted octanol–water partition coefficient (Wildman–Crippen LogP) is 3.93. The molecule has 0 bridgehead atoms. The quantitative estimate of drug-likeness (QED) is 0.625. The number of halogens is 1. The van der Waals surface area contributed by atoms with E-state index in [-0.39, 0.29) is 12.0 Å². The van der Waals surface area contributed by atoms with Gasteiger partial charge < -0.3 is 10.1 Å². The Bertz CT molecular complexity index is 938. The molecule has 2 heterocycles. The van der Waals surface area contributed by atoms with Crippen LogP contribution in [0.1, 0.15) is 36.3 Å². The molecule has 0 radical (unpaired) electrons. The van der Waals surface area contributed by atoms with Gasteiger partial charge in [0.1, 0.15) is 0 Å². The van der Waals surface area contributed by atoms with Crippen molar-refractivity contribution in [2.75, 3.05) is 13.2 Å². The Kier molecular flexibility index (Phi) is 6.08. The van der Waals surface area contributed by atoms with Crippen LogP contribution in [0.3, 0.4) is 0 Å². The molecule has 0 aliphatic rings. The Balaban J connectivity index is 1.81. The van der Waals surface area contributed by atoms with Crippen molar-refractivity contribution in [3.8, 4) is 5.69 Å². The molecule has 0 fully saturated rings. The Hall–Kier alpha value is -2.44. The van der Waals surface area contributed by atoms with Gasteiger partial charge in [-0.3, -0.25) is 4.79 Å². The van der Waals surface area contributed by atoms with Gasteiger partial charge in [0.15, 0.2) is 5.65 Å². The van der Waals surface area contributed by atoms with E-state index in [0.29, 0.717) is 34.8 Å². The third-order valence-electron chi connectivity index (χ3n) is 4.11. The fourth-order valence-electron chi connectivity index (χ4n) is 2.80. The van der Waals surface area contributed by atoms with Gasteiger partial charge in [-0.2, -0.15) is 5.10 Å². The van der Waals surface area contributed by atoms with Gasteiger partial charge in [0.25, 0.3) is 5.91 Å². The lowest BCUT2D eigenvalue weighted by Crippen LogP contribution is -2.26. The monoisotopic (exact) mass is 386 g/mol. The van der Waals surface area contributed by atoms with Crippen LogP contribution in [0.25, 0.3) is 16.7 Å². The summed E-state index contributed by atoms with van der Waals surface area (Å²) in [5.41, 5.74) is 2.60. The highest BCUT2D eigenvalue weighted by Crippen LogP contribution is 2.29. The van der Waals surface area contributed by atoms with Crippen molar-refractivity contribution >= 4 is 28.5 Å². The molecule has 0 atom stereocenters. The maximum absolute atomic E-state index is 12.5. The van der Waals surface area contributed by atoms with E-state index in [1.54, 1.807) is 4.68 Å². The van der Waals surface area contributed by atoms with Gasteiger partial charge in [-0.25, -0.2) is 9.67 Å². The molecule has 0 spiro atoms. The first-order chi connectivity index (χ1) is 13.0. The van der Waals surface area contributed by atoms with Crippen LogP contribution in [-0.4, -0.2) is 39.9 Å². The second-order valence-corrected chi connectivity index (χ2v) is 6.92. The Morgan fingerprint density at radius 2 is 2.04 bits per heavy atom. The first-order valence-electron chi connectivity index (χ1n) is 8.98. The first kappa shape index (κ1) is 19.3. The van der Waals surface area contributed by atoms with E-state index >= 15 is 0 Å². The van der Waals surface area contributed by atoms with E-state index in [1.807, 2.05) is 51.1 Å². The molecule has 0 aliphatic carbocycles. The van der Waals surface area contributed by atoms with Crippen molar-refractivity contribution < 1.29 is 9.53 Å². The lowest BCUT2D eigenvalue weighted by molar-refractivity contribution is 0.0757. The fraction of sp³-hybridized carbons (Fsp3) is 0.350. The second kappa shape index (κ2) is 8.50. The summed E-state index contributed by atoms with van der Waals surface area (Å²) in [5, 5.41) is 8.47. The molecule has 1 N–H and O–H groups in total. The van der Waals surface area contributed by atoms with Crippen molar-refractivity contribution in [3.63, 3.8) is 0 Å². The number of hydrogen-bond acceptors (Lipinski definition) is 4. The number of pyridine rings is 1. The van der Waals surface area contributed by atoms with E-state index in [4.69, 9.17) is 16.3 Å². The Morgan fingerprint density at radius 3 is 2.74 bits per heavy atom. The number of aryl methyl sites for hydroxylation is 1. The minimum Gasteiger partial charge on any atom is -0.379 e. The summed E-state index contributed by atoms with van der Waals surface area (Å²) < 4.78 is 7.21. The SMILES string of the molecule is Cc1nn(-c2ccccc2)c2ncc(C(=O)NCCCOC(C)C)c(Cl)c12. The van der Waals surface area contributed by atoms with E-state index in [0.717, 1.165) is 17.8 Å². The molecule has 0 saturated carbocycles. The number of hydrogen-bond donors (Lipinski definition) is 1. The maximum Gasteiger partial charge on any atom is 0.254 e. The van der Waals surface area contributed by atoms with Crippen LogP contribution in [0.15, 0.2) is 36.5 Å². The summed E-state index contributed by atoms with van der Waals surface area (Å²) in [4.78, 5) is 16.9. The van der Waals surface area contributed by atoms with Crippen molar-refractivity contribution in [2.45, 2.75) is 33.3 Å². The van der Waals surface area contributed by atoms with Gasteiger partial charge in [-0.05, 0) is 39.3 Å². The fourth-order valence-corrected chi connectivity index (χ4v) is 3.16. The minimum absolute atomic E-state index is 0.186. The zero-order valence-corrected chi connectivity index (χ0v) is 16.5. The number of nitrogens with zero attached hydrogens (tertiary/aromatic N) is 3. The maximum atomic E-state index is 12.5. The zero-order valence-electron chi connectivity index (χ0n) is 15.7. The second-order valence-electron chi connectivity index (χ2n) is 6.55. The number of carbonyl (C=O) groups excluding carboxylic acids is 1. The average molecular weight is 387 g/mol. The Morgan fingerprint density at radius 1 is 1.30 bits per heavy atom. The number of ether oxygens (including phenoxy) is 1. The Labute approximate surface area is 163 Å². The van der Waals surface area contributed by atoms with E-state index in [9.17, 15) is 4.79 Å². The van der Waals surface area contributed by atoms with Crippen LogP contribution >= 0.6 is 11.6 Å². The van der Waals surface area contributed by atoms with Crippen molar-refractivity contribution in [1.82, 2.24) is 20.1 Å². The molecule has 7 heteroatoms. The highest BCUT2D eigenvalue weighted by atomic mass is 35.5. The van der Waals surface area contributed by atoms with Crippen LogP contribution in [-0.2, 0) is 4.74 Å². The summed E-state index contributed by atoms with van der Waals surface area (Å²) in [6.45, 7) is 6.95. The van der Waals surface area contributed by atoms with Crippen LogP contribution in [0.4, 0.5) is 0 Å². The first-order valence-corrected chi connectivity index (χ1v) is 9.36. The van der Waals surface area contributed by atoms with Gasteiger partial charge in [-0.1, -0.05) is 29.8 Å². The number of carbonyl (C=O) groups is 1. The molecule has 142 valence electrons. The van der Waals surface area contributed by atoms with Crippen molar-refractivity contribution in [2.24, 2.45) is 0 Å². The van der Waals surface area contributed by atoms with Gasteiger partial charge in [0.2, 0.25) is 0 Å². The van der Waals surface area contributed by atoms with Crippen LogP contribution < -0.4 is 5.32 Å². The predicted molar refractivity (Wildman–Crippen MR) is 107 cm³/mol. The summed E-state index contributed by atoms with van der Waals surface area (Å²) in [7, 11) is 0. The molecule has 0 unspecified atom stereocenters. The molecular weight excluding hydrogens is 364 g/mol. The average Bonchev–Trinajstić information content (AvgIpc) is 2.99. The molecule has 1 aromatic carbocycles. The van der Waals surface area contributed by atoms with Crippen molar-refractivity contribution in [1.29, 1.82) is 0 Å². The largest absolute Gasteiger partial charge is 0.379 e. The van der Waals surface area contributed by atoms with Gasteiger partial charge >= 0.3 is 0 Å². The molecule has 2 aromatic heterocycles. The molecule has 1 amide bonds. The molecule has 0 aliphatic heterocycles. The third-order valence-corrected chi connectivity index (χ3v) is 4.50. The summed E-state index contributed by atoms with van der Waals surface area (Å²) >= 11 is 6.55. The highest BCUT2D eigenvalue weighted by Gasteiger charge is 2.19. The molecule has 0 saturated heterocycles. The standard InChI is InChI=1S/C20H23ClN4O2/c1-13(2)27-11-7-10-22-20(26)16-12-23-19-17(18(16)21)14(3)24-25(19)15-8-5-4-6-9-15/h4-6,8-9,12-13H,7,10-11H2,1-3H3,(H,22,26). The van der Waals surface area contributed by atoms with Crippen LogP contribution in [0.5, 0.6) is 0 Å². The lowest BCUT2D eigenvalue weighted by atomic mass is 10.2. The zero-order chi connectivity index (χ0) is 19.4. The molecule has 3 rings (SSSR count). The van der Waals surface area contributed by atoms with Gasteiger partial charge in [-0.15, -0.1) is 0 Å². The van der Waals surface area contributed by atoms with Gasteiger partial charge in [0.05, 0.1) is 33.5 Å². The van der Waals surface area contributed by atoms with Crippen LogP contribution in [0, 0.1) is 6.92 Å². The molecular formula is C20H23ClN4O2. The number of fused-ring (bicyclic) bond motifs is 1. The highest BCUT2D eigenvalue weighted by molar-refractivity contribution is 6.38. The molecule has 27 heavy (non-hydrogen) atoms. The number of aromatic nitrogens is 3. The van der Waals surface area contributed by atoms with E-state index in [1.165, 1.54) is 6.20 Å². The van der Waals surface area contributed by atoms with E-state index < -0.39 is 0 Å². The molecule has 3 aromatic rings. The normalized spacial score (nSPS) is 11.3. The summed E-state index contributed by atoms with van der Waals surface area (Å²) in [6, 6.07) is 9.70. The minimum atomic E-state index is -0.245. The summed E-state index contributed by atoms with van der Waals surface area (Å²) in [6.07, 6.45) is 2.43. The number of nitrogens with one attached hydrogen (secondary N) is 1. The lowest BCUT2D eigenvalue weighted by Gasteiger charge is -2.09. The topological polar surface area (TPSA) is 69.0 Å². The van der Waals surface area contributed by atoms with E-state index in [2.05, 4.69) is 15.4 Å². The number of benzene rings is 1. The van der Waals surface area contributed by atoms with Crippen LogP contribution in [0.2, 0.25) is 5.02 Å². The molecule has 6 nitrogen and oxygen atoms in total. The number of para-hydroxylation sites is 1. The number of rotatable bonds is 7. The van der Waals surface area contributed by atoms with Crippen molar-refractivity contribution in [3.05, 3.63) is 52.8 Å².